The van der Waals surface area contributed by atoms with E-state index in [0.717, 1.165) is 0 Å². The Labute approximate surface area is 61.2 Å². The third kappa shape index (κ3) is 3.58. The van der Waals surface area contributed by atoms with Crippen molar-refractivity contribution in [1.82, 2.24) is 0 Å². The quantitative estimate of drug-likeness (QED) is 0.581. The summed E-state index contributed by atoms with van der Waals surface area (Å²) in [6, 6.07) is 0. The number of hydrogen-bond donors (Lipinski definition) is 2. The van der Waals surface area contributed by atoms with Crippen LogP contribution in [0, 0.1) is 5.41 Å². The highest BCUT2D eigenvalue weighted by Crippen LogP contribution is 2.17. The number of hydrogen-bond acceptors (Lipinski definition) is 3. The molecule has 0 bridgehead atoms. The van der Waals surface area contributed by atoms with Crippen molar-refractivity contribution in [2.45, 2.75) is 20.3 Å². The first-order valence-electron chi connectivity index (χ1n) is 3.34. The van der Waals surface area contributed by atoms with Crippen LogP contribution in [-0.2, 0) is 4.79 Å². The Morgan fingerprint density at radius 2 is 2.10 bits per heavy atom. The topological polar surface area (TPSA) is 63.3 Å². The molecular formula is C7H15NO2. The van der Waals surface area contributed by atoms with E-state index < -0.39 is 0 Å². The van der Waals surface area contributed by atoms with Crippen molar-refractivity contribution in [2.24, 2.45) is 11.1 Å². The standard InChI is InChI=1S/C7H15NO2/c1-7(2,5-8)3-6(10)4-9/h9H,3-5,8H2,1-2H3. The maximum atomic E-state index is 10.7. The average molecular weight is 145 g/mol. The molecule has 3 heteroatoms. The van der Waals surface area contributed by atoms with Gasteiger partial charge in [0.25, 0.3) is 0 Å². The molecule has 60 valence electrons. The van der Waals surface area contributed by atoms with Gasteiger partial charge in [0.1, 0.15) is 6.61 Å². The van der Waals surface area contributed by atoms with Crippen molar-refractivity contribution in [3.05, 3.63) is 0 Å². The largest absolute Gasteiger partial charge is 0.389 e. The maximum Gasteiger partial charge on any atom is 0.158 e. The number of aliphatic hydroxyl groups excluding tert-OH is 1. The summed E-state index contributed by atoms with van der Waals surface area (Å²) in [7, 11) is 0. The zero-order valence-corrected chi connectivity index (χ0v) is 6.55. The summed E-state index contributed by atoms with van der Waals surface area (Å²) in [4.78, 5) is 10.7. The van der Waals surface area contributed by atoms with Crippen molar-refractivity contribution < 1.29 is 9.90 Å². The van der Waals surface area contributed by atoms with Gasteiger partial charge in [0.05, 0.1) is 0 Å². The average Bonchev–Trinajstić information content (AvgIpc) is 1.87. The van der Waals surface area contributed by atoms with E-state index in [4.69, 9.17) is 10.8 Å². The van der Waals surface area contributed by atoms with Gasteiger partial charge >= 0.3 is 0 Å². The molecule has 0 aromatic rings. The van der Waals surface area contributed by atoms with Crippen molar-refractivity contribution in [1.29, 1.82) is 0 Å². The highest BCUT2D eigenvalue weighted by molar-refractivity contribution is 5.79. The Bertz CT molecular complexity index is 121. The van der Waals surface area contributed by atoms with Crippen LogP contribution in [0.25, 0.3) is 0 Å². The van der Waals surface area contributed by atoms with Crippen LogP contribution in [0.2, 0.25) is 0 Å². The van der Waals surface area contributed by atoms with E-state index in [1.807, 2.05) is 13.8 Å². The predicted octanol–water partition coefficient (Wildman–Crippen LogP) is -0.0772. The molecule has 10 heavy (non-hydrogen) atoms. The van der Waals surface area contributed by atoms with Crippen LogP contribution >= 0.6 is 0 Å². The normalized spacial score (nSPS) is 11.6. The minimum atomic E-state index is -0.372. The fourth-order valence-electron chi connectivity index (χ4n) is 0.662. The Morgan fingerprint density at radius 1 is 1.60 bits per heavy atom. The molecule has 0 fully saturated rings. The molecule has 0 saturated carbocycles. The third-order valence-corrected chi connectivity index (χ3v) is 1.40. The van der Waals surface area contributed by atoms with Crippen LogP contribution in [0.3, 0.4) is 0 Å². The Morgan fingerprint density at radius 3 is 2.40 bits per heavy atom. The van der Waals surface area contributed by atoms with E-state index in [-0.39, 0.29) is 17.8 Å². The Balaban J connectivity index is 3.76. The van der Waals surface area contributed by atoms with Gasteiger partial charge in [-0.25, -0.2) is 0 Å². The molecule has 0 atom stereocenters. The van der Waals surface area contributed by atoms with Gasteiger partial charge in [0.15, 0.2) is 5.78 Å². The molecule has 0 unspecified atom stereocenters. The number of aliphatic hydroxyl groups is 1. The Kier molecular flexibility index (Phi) is 3.53. The summed E-state index contributed by atoms with van der Waals surface area (Å²) in [5, 5.41) is 8.40. The number of Topliss-reactive ketones (excluding diaryl/α,β-unsaturated/α-hetero) is 1. The molecule has 0 amide bonds. The molecule has 0 aromatic carbocycles. The summed E-state index contributed by atoms with van der Waals surface area (Å²) >= 11 is 0. The lowest BCUT2D eigenvalue weighted by atomic mass is 9.88. The molecule has 0 saturated heterocycles. The van der Waals surface area contributed by atoms with E-state index in [9.17, 15) is 4.79 Å². The molecule has 0 aliphatic heterocycles. The van der Waals surface area contributed by atoms with E-state index in [2.05, 4.69) is 0 Å². The molecule has 0 heterocycles. The first-order valence-corrected chi connectivity index (χ1v) is 3.34. The van der Waals surface area contributed by atoms with Crippen molar-refractivity contribution >= 4 is 5.78 Å². The van der Waals surface area contributed by atoms with Gasteiger partial charge in [0, 0.05) is 6.42 Å². The number of carbonyl (C=O) groups is 1. The van der Waals surface area contributed by atoms with E-state index in [1.54, 1.807) is 0 Å². The number of carbonyl (C=O) groups excluding carboxylic acids is 1. The third-order valence-electron chi connectivity index (χ3n) is 1.40. The van der Waals surface area contributed by atoms with Gasteiger partial charge in [-0.3, -0.25) is 4.79 Å². The molecule has 3 nitrogen and oxygen atoms in total. The van der Waals surface area contributed by atoms with Gasteiger partial charge in [-0.2, -0.15) is 0 Å². The van der Waals surface area contributed by atoms with E-state index in [1.165, 1.54) is 0 Å². The summed E-state index contributed by atoms with van der Waals surface area (Å²) in [5.74, 6) is -0.143. The zero-order chi connectivity index (χ0) is 8.20. The molecule has 3 N–H and O–H groups in total. The lowest BCUT2D eigenvalue weighted by Crippen LogP contribution is -2.27. The predicted molar refractivity (Wildman–Crippen MR) is 39.5 cm³/mol. The summed E-state index contributed by atoms with van der Waals surface area (Å²) < 4.78 is 0. The van der Waals surface area contributed by atoms with Crippen molar-refractivity contribution in [2.75, 3.05) is 13.2 Å². The fraction of sp³-hybridized carbons (Fsp3) is 0.857. The molecule has 0 aromatic heterocycles. The van der Waals surface area contributed by atoms with E-state index >= 15 is 0 Å². The lowest BCUT2D eigenvalue weighted by molar-refractivity contribution is -0.123. The minimum absolute atomic E-state index is 0.143. The van der Waals surface area contributed by atoms with Crippen LogP contribution in [0.1, 0.15) is 20.3 Å². The van der Waals surface area contributed by atoms with Crippen LogP contribution in [0.15, 0.2) is 0 Å². The van der Waals surface area contributed by atoms with Gasteiger partial charge in [0.2, 0.25) is 0 Å². The van der Waals surface area contributed by atoms with Gasteiger partial charge in [-0.05, 0) is 12.0 Å². The van der Waals surface area contributed by atoms with Crippen LogP contribution < -0.4 is 5.73 Å². The zero-order valence-electron chi connectivity index (χ0n) is 6.55. The number of nitrogens with two attached hydrogens (primary N) is 1. The van der Waals surface area contributed by atoms with Gasteiger partial charge in [-0.1, -0.05) is 13.8 Å². The minimum Gasteiger partial charge on any atom is -0.389 e. The molecule has 0 aliphatic carbocycles. The molecule has 0 aliphatic rings. The highest BCUT2D eigenvalue weighted by atomic mass is 16.3. The molecule has 0 rings (SSSR count). The smallest absolute Gasteiger partial charge is 0.158 e. The van der Waals surface area contributed by atoms with Crippen LogP contribution in [0.5, 0.6) is 0 Å². The monoisotopic (exact) mass is 145 g/mol. The van der Waals surface area contributed by atoms with Crippen LogP contribution in [-0.4, -0.2) is 24.0 Å². The lowest BCUT2D eigenvalue weighted by Gasteiger charge is -2.20. The van der Waals surface area contributed by atoms with E-state index in [0.29, 0.717) is 13.0 Å². The molecule has 0 spiro atoms. The highest BCUT2D eigenvalue weighted by Gasteiger charge is 2.18. The fourth-order valence-corrected chi connectivity index (χ4v) is 0.662. The first kappa shape index (κ1) is 9.59. The second kappa shape index (κ2) is 3.68. The summed E-state index contributed by atoms with van der Waals surface area (Å²) in [6.07, 6.45) is 0.361. The second-order valence-electron chi connectivity index (χ2n) is 3.24. The summed E-state index contributed by atoms with van der Waals surface area (Å²) in [5.41, 5.74) is 5.21. The SMILES string of the molecule is CC(C)(CN)CC(=O)CO. The maximum absolute atomic E-state index is 10.7. The van der Waals surface area contributed by atoms with Crippen LogP contribution in [0.4, 0.5) is 0 Å². The van der Waals surface area contributed by atoms with Crippen molar-refractivity contribution in [3.8, 4) is 0 Å². The first-order chi connectivity index (χ1) is 4.52. The van der Waals surface area contributed by atoms with Gasteiger partial charge < -0.3 is 10.8 Å². The molecule has 0 radical (unpaired) electrons. The second-order valence-corrected chi connectivity index (χ2v) is 3.24. The van der Waals surface area contributed by atoms with Gasteiger partial charge in [-0.15, -0.1) is 0 Å². The van der Waals surface area contributed by atoms with Crippen molar-refractivity contribution in [3.63, 3.8) is 0 Å². The summed E-state index contributed by atoms with van der Waals surface area (Å²) in [6.45, 7) is 3.91. The number of rotatable bonds is 4. The molecular weight excluding hydrogens is 130 g/mol. The number of ketones is 1. The Hall–Kier alpha value is -0.410.